The number of hydrogen-bond donors (Lipinski definition) is 3. The van der Waals surface area contributed by atoms with Gasteiger partial charge in [0.2, 0.25) is 16.0 Å². The zero-order chi connectivity index (χ0) is 29.9. The SMILES string of the molecule is CCN(c1ccccc1-c1ccc2cnc(Nc3ccc(C4CCN(C[C@H](O)CO)CC4)cc3OC)nn12)S(C)(=O)=O. The maximum absolute atomic E-state index is 12.5. The van der Waals surface area contributed by atoms with Gasteiger partial charge in [-0.1, -0.05) is 24.3 Å². The number of aromatic nitrogens is 3. The van der Waals surface area contributed by atoms with E-state index in [9.17, 15) is 13.5 Å². The Hall–Kier alpha value is -3.71. The van der Waals surface area contributed by atoms with Gasteiger partial charge >= 0.3 is 0 Å². The van der Waals surface area contributed by atoms with Gasteiger partial charge in [0.15, 0.2) is 0 Å². The molecule has 12 heteroatoms. The Morgan fingerprint density at radius 1 is 1.14 bits per heavy atom. The van der Waals surface area contributed by atoms with E-state index in [-0.39, 0.29) is 6.61 Å². The van der Waals surface area contributed by atoms with Crippen LogP contribution in [0.4, 0.5) is 17.3 Å². The average molecular weight is 595 g/mol. The van der Waals surface area contributed by atoms with Crippen molar-refractivity contribution in [2.45, 2.75) is 31.8 Å². The number of hydrogen-bond acceptors (Lipinski definition) is 9. The summed E-state index contributed by atoms with van der Waals surface area (Å²) in [5, 5.41) is 26.9. The van der Waals surface area contributed by atoms with Crippen molar-refractivity contribution in [3.63, 3.8) is 0 Å². The number of nitrogens with zero attached hydrogens (tertiary/aromatic N) is 5. The molecule has 224 valence electrons. The minimum Gasteiger partial charge on any atom is -0.495 e. The second-order valence-electron chi connectivity index (χ2n) is 10.6. The van der Waals surface area contributed by atoms with Crippen LogP contribution >= 0.6 is 0 Å². The lowest BCUT2D eigenvalue weighted by atomic mass is 9.89. The van der Waals surface area contributed by atoms with E-state index in [0.29, 0.717) is 36.4 Å². The minimum atomic E-state index is -3.47. The second kappa shape index (κ2) is 12.7. The lowest BCUT2D eigenvalue weighted by Gasteiger charge is -2.33. The van der Waals surface area contributed by atoms with E-state index in [2.05, 4.69) is 21.3 Å². The van der Waals surface area contributed by atoms with E-state index >= 15 is 0 Å². The number of aliphatic hydroxyl groups is 2. The molecule has 5 rings (SSSR count). The van der Waals surface area contributed by atoms with Crippen molar-refractivity contribution in [2.75, 3.05) is 55.8 Å². The highest BCUT2D eigenvalue weighted by molar-refractivity contribution is 7.92. The maximum atomic E-state index is 12.5. The molecule has 0 radical (unpaired) electrons. The topological polar surface area (TPSA) is 133 Å². The molecule has 0 amide bonds. The summed E-state index contributed by atoms with van der Waals surface area (Å²) in [4.78, 5) is 6.69. The number of rotatable bonds is 11. The van der Waals surface area contributed by atoms with Crippen LogP contribution in [-0.4, -0.2) is 90.4 Å². The van der Waals surface area contributed by atoms with Crippen molar-refractivity contribution >= 4 is 32.9 Å². The highest BCUT2D eigenvalue weighted by Crippen LogP contribution is 2.36. The number of sulfonamides is 1. The van der Waals surface area contributed by atoms with Crippen molar-refractivity contribution in [2.24, 2.45) is 0 Å². The molecule has 1 atom stereocenters. The van der Waals surface area contributed by atoms with Gasteiger partial charge in [-0.2, -0.15) is 0 Å². The normalized spacial score (nSPS) is 15.5. The lowest BCUT2D eigenvalue weighted by molar-refractivity contribution is 0.0513. The van der Waals surface area contributed by atoms with Crippen LogP contribution in [0.25, 0.3) is 16.8 Å². The highest BCUT2D eigenvalue weighted by Gasteiger charge is 2.24. The first-order valence-corrected chi connectivity index (χ1v) is 15.9. The van der Waals surface area contributed by atoms with Crippen molar-refractivity contribution in [1.29, 1.82) is 0 Å². The molecule has 11 nitrogen and oxygen atoms in total. The Bertz CT molecular complexity index is 1630. The first kappa shape index (κ1) is 29.8. The van der Waals surface area contributed by atoms with Crippen molar-refractivity contribution in [1.82, 2.24) is 19.5 Å². The molecular formula is C30H38N6O5S. The number of anilines is 3. The molecule has 0 spiro atoms. The van der Waals surface area contributed by atoms with Gasteiger partial charge in [-0.15, -0.1) is 5.10 Å². The Morgan fingerprint density at radius 3 is 2.60 bits per heavy atom. The summed E-state index contributed by atoms with van der Waals surface area (Å²) in [6.45, 7) is 4.11. The van der Waals surface area contributed by atoms with Crippen LogP contribution in [0.15, 0.2) is 60.8 Å². The number of aliphatic hydroxyl groups excluding tert-OH is 2. The number of likely N-dealkylation sites (tertiary alicyclic amines) is 1. The van der Waals surface area contributed by atoms with Crippen molar-refractivity contribution in [3.05, 3.63) is 66.4 Å². The molecule has 2 aromatic carbocycles. The number of nitrogens with one attached hydrogen (secondary N) is 1. The molecule has 2 aromatic heterocycles. The van der Waals surface area contributed by atoms with Gasteiger partial charge in [0, 0.05) is 18.7 Å². The third-order valence-electron chi connectivity index (χ3n) is 7.75. The molecule has 1 aliphatic rings. The van der Waals surface area contributed by atoms with Crippen LogP contribution in [-0.2, 0) is 10.0 Å². The van der Waals surface area contributed by atoms with Crippen LogP contribution in [0, 0.1) is 0 Å². The Labute approximate surface area is 246 Å². The monoisotopic (exact) mass is 594 g/mol. The van der Waals surface area contributed by atoms with E-state index in [1.807, 2.05) is 49.4 Å². The number of para-hydroxylation sites is 1. The minimum absolute atomic E-state index is 0.220. The molecule has 1 saturated heterocycles. The molecule has 4 aromatic rings. The van der Waals surface area contributed by atoms with Crippen LogP contribution in [0.2, 0.25) is 0 Å². The van der Waals surface area contributed by atoms with Gasteiger partial charge in [-0.05, 0) is 74.7 Å². The largest absolute Gasteiger partial charge is 0.495 e. The molecule has 42 heavy (non-hydrogen) atoms. The predicted molar refractivity (Wildman–Crippen MR) is 164 cm³/mol. The Balaban J connectivity index is 1.39. The van der Waals surface area contributed by atoms with Gasteiger partial charge in [0.05, 0.1) is 54.9 Å². The van der Waals surface area contributed by atoms with Gasteiger partial charge < -0.3 is 25.2 Å². The molecule has 1 fully saturated rings. The molecule has 0 bridgehead atoms. The summed E-state index contributed by atoms with van der Waals surface area (Å²) < 4.78 is 33.9. The van der Waals surface area contributed by atoms with Crippen LogP contribution in [0.1, 0.15) is 31.2 Å². The second-order valence-corrected chi connectivity index (χ2v) is 12.5. The smallest absolute Gasteiger partial charge is 0.245 e. The lowest BCUT2D eigenvalue weighted by Crippen LogP contribution is -2.39. The summed E-state index contributed by atoms with van der Waals surface area (Å²) in [5.41, 5.74) is 4.76. The van der Waals surface area contributed by atoms with Gasteiger partial charge in [-0.3, -0.25) is 4.31 Å². The maximum Gasteiger partial charge on any atom is 0.245 e. The summed E-state index contributed by atoms with van der Waals surface area (Å²) in [6, 6.07) is 17.3. The van der Waals surface area contributed by atoms with Crippen LogP contribution in [0.5, 0.6) is 5.75 Å². The summed E-state index contributed by atoms with van der Waals surface area (Å²) >= 11 is 0. The number of fused-ring (bicyclic) bond motifs is 1. The number of ether oxygens (including phenoxy) is 1. The zero-order valence-corrected chi connectivity index (χ0v) is 25.0. The molecule has 0 aliphatic carbocycles. The third kappa shape index (κ3) is 6.36. The van der Waals surface area contributed by atoms with Crippen LogP contribution in [0.3, 0.4) is 0 Å². The Morgan fingerprint density at radius 2 is 1.90 bits per heavy atom. The number of piperidine rings is 1. The standard InChI is InChI=1S/C30H38N6O5S/c1-4-35(42(3,39)40)27-8-6-5-7-25(27)28-12-10-23-18-31-30(33-36(23)28)32-26-11-9-22(17-29(26)41-2)21-13-15-34(16-14-21)19-24(38)20-37/h5-12,17-18,21,24,37-38H,4,13-16,19-20H2,1-3H3,(H,32,33)/t24-/m0/s1. The fourth-order valence-electron chi connectivity index (χ4n) is 5.64. The number of methoxy groups -OCH3 is 1. The van der Waals surface area contributed by atoms with Crippen LogP contribution < -0.4 is 14.4 Å². The predicted octanol–water partition coefficient (Wildman–Crippen LogP) is 3.47. The first-order valence-electron chi connectivity index (χ1n) is 14.1. The third-order valence-corrected chi connectivity index (χ3v) is 9.00. The van der Waals surface area contributed by atoms with E-state index in [0.717, 1.165) is 48.4 Å². The summed E-state index contributed by atoms with van der Waals surface area (Å²) in [6.07, 6.45) is 4.14. The molecule has 0 unspecified atom stereocenters. The fourth-order valence-corrected chi connectivity index (χ4v) is 6.63. The zero-order valence-electron chi connectivity index (χ0n) is 24.1. The summed E-state index contributed by atoms with van der Waals surface area (Å²) in [7, 11) is -1.83. The van der Waals surface area contributed by atoms with E-state index in [1.165, 1.54) is 16.1 Å². The van der Waals surface area contributed by atoms with Crippen molar-refractivity contribution < 1.29 is 23.4 Å². The quantitative estimate of drug-likeness (QED) is 0.239. The molecule has 3 heterocycles. The van der Waals surface area contributed by atoms with Gasteiger partial charge in [0.1, 0.15) is 5.75 Å². The molecule has 0 saturated carbocycles. The number of β-amino-alcohol motifs (C(OH)–C–C–N with tert-alkyl or cyclic N) is 1. The van der Waals surface area contributed by atoms with Gasteiger partial charge in [0.25, 0.3) is 0 Å². The highest BCUT2D eigenvalue weighted by atomic mass is 32.2. The average Bonchev–Trinajstić information content (AvgIpc) is 3.41. The van der Waals surface area contributed by atoms with Crippen molar-refractivity contribution in [3.8, 4) is 17.0 Å². The molecule has 1 aliphatic heterocycles. The van der Waals surface area contributed by atoms with E-state index < -0.39 is 16.1 Å². The molecule has 3 N–H and O–H groups in total. The molecular weight excluding hydrogens is 556 g/mol. The summed E-state index contributed by atoms with van der Waals surface area (Å²) in [5.74, 6) is 1.43. The van der Waals surface area contributed by atoms with E-state index in [4.69, 9.17) is 14.9 Å². The Kier molecular flexibility index (Phi) is 8.97. The number of benzene rings is 2. The fraction of sp³-hybridized carbons (Fsp3) is 0.400. The first-order chi connectivity index (χ1) is 20.2. The van der Waals surface area contributed by atoms with Gasteiger partial charge in [-0.25, -0.2) is 17.9 Å². The van der Waals surface area contributed by atoms with E-state index in [1.54, 1.807) is 23.9 Å².